The number of nitrogens with one attached hydrogen (secondary N) is 1. The zero-order chi connectivity index (χ0) is 21.1. The van der Waals surface area contributed by atoms with Crippen molar-refractivity contribution in [3.05, 3.63) is 82.3 Å². The van der Waals surface area contributed by atoms with Gasteiger partial charge in [-0.1, -0.05) is 29.8 Å². The highest BCUT2D eigenvalue weighted by Crippen LogP contribution is 2.24. The van der Waals surface area contributed by atoms with Crippen LogP contribution in [-0.2, 0) is 6.42 Å². The summed E-state index contributed by atoms with van der Waals surface area (Å²) in [5, 5.41) is 10.4. The number of amides is 1. The van der Waals surface area contributed by atoms with Crippen molar-refractivity contribution in [2.24, 2.45) is 0 Å². The summed E-state index contributed by atoms with van der Waals surface area (Å²) in [5.41, 5.74) is 5.80. The molecule has 0 spiro atoms. The normalized spacial score (nSPS) is 10.9. The lowest BCUT2D eigenvalue weighted by molar-refractivity contribution is 0.0953. The molecule has 0 fully saturated rings. The van der Waals surface area contributed by atoms with E-state index in [1.54, 1.807) is 28.3 Å². The highest BCUT2D eigenvalue weighted by Gasteiger charge is 2.10. The first kappa shape index (κ1) is 20.0. The lowest BCUT2D eigenvalue weighted by Gasteiger charge is -2.06. The number of benzene rings is 1. The number of carbonyl (C=O) groups excluding carboxylic acids is 1. The van der Waals surface area contributed by atoms with Crippen molar-refractivity contribution in [3.8, 4) is 16.4 Å². The minimum absolute atomic E-state index is 0.142. The zero-order valence-electron chi connectivity index (χ0n) is 17.2. The number of hydrogen-bond acceptors (Lipinski definition) is 5. The molecule has 0 radical (unpaired) electrons. The van der Waals surface area contributed by atoms with Crippen molar-refractivity contribution in [2.75, 3.05) is 6.54 Å². The summed E-state index contributed by atoms with van der Waals surface area (Å²) in [6, 6.07) is 13.9. The van der Waals surface area contributed by atoms with E-state index in [1.165, 1.54) is 5.56 Å². The Morgan fingerprint density at radius 1 is 1.10 bits per heavy atom. The van der Waals surface area contributed by atoms with Crippen LogP contribution < -0.4 is 5.32 Å². The first-order valence-electron chi connectivity index (χ1n) is 9.79. The van der Waals surface area contributed by atoms with Crippen LogP contribution in [0.3, 0.4) is 0 Å². The van der Waals surface area contributed by atoms with Crippen LogP contribution in [0.1, 0.15) is 33.0 Å². The molecule has 0 bridgehead atoms. The topological polar surface area (TPSA) is 72.7 Å². The van der Waals surface area contributed by atoms with Gasteiger partial charge < -0.3 is 5.32 Å². The van der Waals surface area contributed by atoms with Gasteiger partial charge in [0.2, 0.25) is 0 Å². The number of aromatic nitrogens is 4. The van der Waals surface area contributed by atoms with Gasteiger partial charge in [0.15, 0.2) is 5.82 Å². The fourth-order valence-electron chi connectivity index (χ4n) is 3.16. The fraction of sp³-hybridized carbons (Fsp3) is 0.217. The molecule has 0 saturated carbocycles. The number of nitrogens with zero attached hydrogens (tertiary/aromatic N) is 4. The van der Waals surface area contributed by atoms with Crippen LogP contribution in [0, 0.1) is 20.8 Å². The quantitative estimate of drug-likeness (QED) is 0.508. The first-order chi connectivity index (χ1) is 14.5. The average Bonchev–Trinajstić information content (AvgIpc) is 3.34. The Morgan fingerprint density at radius 2 is 1.90 bits per heavy atom. The van der Waals surface area contributed by atoms with Gasteiger partial charge in [-0.2, -0.15) is 5.10 Å². The summed E-state index contributed by atoms with van der Waals surface area (Å²) in [5.74, 6) is 0.555. The van der Waals surface area contributed by atoms with E-state index in [9.17, 15) is 4.79 Å². The summed E-state index contributed by atoms with van der Waals surface area (Å²) in [4.78, 5) is 21.5. The van der Waals surface area contributed by atoms with E-state index in [4.69, 9.17) is 0 Å². The highest BCUT2D eigenvalue weighted by atomic mass is 32.1. The molecule has 1 amide bonds. The molecule has 7 heteroatoms. The molecule has 1 aromatic carbocycles. The van der Waals surface area contributed by atoms with Crippen LogP contribution in [0.5, 0.6) is 0 Å². The van der Waals surface area contributed by atoms with Crippen LogP contribution in [0.25, 0.3) is 16.4 Å². The second-order valence-electron chi connectivity index (χ2n) is 7.26. The Hall–Kier alpha value is -3.32. The first-order valence-corrected chi connectivity index (χ1v) is 10.7. The Morgan fingerprint density at radius 3 is 2.57 bits per heavy atom. The van der Waals surface area contributed by atoms with Crippen molar-refractivity contribution in [3.63, 3.8) is 0 Å². The van der Waals surface area contributed by atoms with Crippen LogP contribution in [0.2, 0.25) is 0 Å². The molecule has 4 rings (SSSR count). The van der Waals surface area contributed by atoms with E-state index in [0.717, 1.165) is 27.7 Å². The Kier molecular flexibility index (Phi) is 5.72. The molecular weight excluding hydrogens is 394 g/mol. The second-order valence-corrected chi connectivity index (χ2v) is 8.12. The Balaban J connectivity index is 1.33. The Bertz CT molecular complexity index is 1160. The lowest BCUT2D eigenvalue weighted by Crippen LogP contribution is -2.26. The van der Waals surface area contributed by atoms with Crippen LogP contribution in [-0.4, -0.2) is 32.2 Å². The van der Waals surface area contributed by atoms with Crippen molar-refractivity contribution in [1.82, 2.24) is 25.1 Å². The molecule has 3 aromatic heterocycles. The van der Waals surface area contributed by atoms with Gasteiger partial charge in [-0.05, 0) is 39.0 Å². The molecule has 0 saturated heterocycles. The Labute approximate surface area is 179 Å². The van der Waals surface area contributed by atoms with E-state index < -0.39 is 0 Å². The van der Waals surface area contributed by atoms with Crippen LogP contribution in [0.4, 0.5) is 0 Å². The number of thiazole rings is 1. The molecule has 0 aliphatic rings. The maximum atomic E-state index is 12.4. The van der Waals surface area contributed by atoms with E-state index in [-0.39, 0.29) is 5.91 Å². The summed E-state index contributed by atoms with van der Waals surface area (Å²) >= 11 is 1.62. The minimum atomic E-state index is -0.142. The fourth-order valence-corrected chi connectivity index (χ4v) is 4.02. The number of carbonyl (C=O) groups is 1. The molecule has 0 unspecified atom stereocenters. The summed E-state index contributed by atoms with van der Waals surface area (Å²) in [6.07, 6.45) is 2.27. The SMILES string of the molecule is Cc1ccc(-c2nc(CCNC(=O)c3ccc(-n4nc(C)cc4C)nc3)cs2)cc1. The number of hydrogen-bond donors (Lipinski definition) is 1. The van der Waals surface area contributed by atoms with Crippen LogP contribution >= 0.6 is 11.3 Å². The smallest absolute Gasteiger partial charge is 0.252 e. The van der Waals surface area contributed by atoms with Crippen molar-refractivity contribution in [1.29, 1.82) is 0 Å². The van der Waals surface area contributed by atoms with Gasteiger partial charge in [-0.25, -0.2) is 14.6 Å². The molecule has 30 heavy (non-hydrogen) atoms. The molecule has 1 N–H and O–H groups in total. The van der Waals surface area contributed by atoms with Crippen LogP contribution in [0.15, 0.2) is 54.0 Å². The third-order valence-electron chi connectivity index (χ3n) is 4.75. The largest absolute Gasteiger partial charge is 0.352 e. The molecule has 6 nitrogen and oxygen atoms in total. The average molecular weight is 418 g/mol. The predicted molar refractivity (Wildman–Crippen MR) is 119 cm³/mol. The van der Waals surface area contributed by atoms with E-state index in [1.807, 2.05) is 31.4 Å². The van der Waals surface area contributed by atoms with Crippen molar-refractivity contribution >= 4 is 17.2 Å². The van der Waals surface area contributed by atoms with E-state index >= 15 is 0 Å². The number of pyridine rings is 1. The molecule has 152 valence electrons. The third-order valence-corrected chi connectivity index (χ3v) is 5.69. The van der Waals surface area contributed by atoms with E-state index in [0.29, 0.717) is 24.3 Å². The molecule has 4 aromatic rings. The van der Waals surface area contributed by atoms with Crippen molar-refractivity contribution in [2.45, 2.75) is 27.2 Å². The molecule has 0 aliphatic carbocycles. The lowest BCUT2D eigenvalue weighted by atomic mass is 10.2. The zero-order valence-corrected chi connectivity index (χ0v) is 18.0. The predicted octanol–water partition coefficient (Wildman–Crippen LogP) is 4.29. The number of rotatable bonds is 6. The molecule has 3 heterocycles. The van der Waals surface area contributed by atoms with Gasteiger partial charge >= 0.3 is 0 Å². The molecular formula is C23H23N5OS. The van der Waals surface area contributed by atoms with Gasteiger partial charge in [0.05, 0.1) is 17.0 Å². The summed E-state index contributed by atoms with van der Waals surface area (Å²) < 4.78 is 1.77. The minimum Gasteiger partial charge on any atom is -0.352 e. The highest BCUT2D eigenvalue weighted by molar-refractivity contribution is 7.13. The molecule has 0 atom stereocenters. The number of aryl methyl sites for hydroxylation is 3. The van der Waals surface area contributed by atoms with Gasteiger partial charge in [-0.15, -0.1) is 11.3 Å². The molecule has 0 aliphatic heterocycles. The summed E-state index contributed by atoms with van der Waals surface area (Å²) in [6.45, 7) is 6.51. The summed E-state index contributed by atoms with van der Waals surface area (Å²) in [7, 11) is 0. The standard InChI is InChI=1S/C23H23N5OS/c1-15-4-6-18(7-5-15)23-26-20(14-30-23)10-11-24-22(29)19-8-9-21(25-13-19)28-17(3)12-16(2)27-28/h4-9,12-14H,10-11H2,1-3H3,(H,24,29). The second kappa shape index (κ2) is 8.59. The third kappa shape index (κ3) is 4.46. The van der Waals surface area contributed by atoms with Gasteiger partial charge in [0.25, 0.3) is 5.91 Å². The van der Waals surface area contributed by atoms with Gasteiger partial charge in [0, 0.05) is 35.8 Å². The van der Waals surface area contributed by atoms with Gasteiger partial charge in [-0.3, -0.25) is 4.79 Å². The monoisotopic (exact) mass is 417 g/mol. The van der Waals surface area contributed by atoms with E-state index in [2.05, 4.69) is 51.6 Å². The maximum absolute atomic E-state index is 12.4. The van der Waals surface area contributed by atoms with Crippen molar-refractivity contribution < 1.29 is 4.79 Å². The van der Waals surface area contributed by atoms with Gasteiger partial charge in [0.1, 0.15) is 5.01 Å². The maximum Gasteiger partial charge on any atom is 0.252 e.